The second-order valence-electron chi connectivity index (χ2n) is 5.53. The summed E-state index contributed by atoms with van der Waals surface area (Å²) in [5.41, 5.74) is 2.10. The minimum absolute atomic E-state index is 0.196. The fourth-order valence-electron chi connectivity index (χ4n) is 2.59. The molecule has 0 saturated heterocycles. The predicted molar refractivity (Wildman–Crippen MR) is 92.3 cm³/mol. The van der Waals surface area contributed by atoms with Crippen molar-refractivity contribution < 1.29 is 4.74 Å². The van der Waals surface area contributed by atoms with Crippen molar-refractivity contribution >= 4 is 11.0 Å². The monoisotopic (exact) mass is 333 g/mol. The van der Waals surface area contributed by atoms with Crippen molar-refractivity contribution in [2.45, 2.75) is 13.2 Å². The summed E-state index contributed by atoms with van der Waals surface area (Å²) in [6.45, 7) is 0.657. The van der Waals surface area contributed by atoms with Crippen LogP contribution in [0.5, 0.6) is 5.75 Å². The highest BCUT2D eigenvalue weighted by molar-refractivity contribution is 5.75. The number of fused-ring (bicyclic) bond motifs is 1. The molecule has 2 heterocycles. The Morgan fingerprint density at radius 1 is 1.00 bits per heavy atom. The molecule has 1 N–H and O–H groups in total. The molecule has 0 atom stereocenters. The van der Waals surface area contributed by atoms with Gasteiger partial charge in [0.25, 0.3) is 5.56 Å². The van der Waals surface area contributed by atoms with Gasteiger partial charge >= 0.3 is 0 Å². The van der Waals surface area contributed by atoms with Crippen LogP contribution in [0.4, 0.5) is 0 Å². The van der Waals surface area contributed by atoms with E-state index >= 15 is 0 Å². The standard InChI is InChI=1S/C18H15N5O2/c24-18-17-16(20-22-23(17)11-13-7-3-1-4-8-13)15(19-21-18)12-25-14-9-5-2-6-10-14/h1-10H,11-12H2,(H,21,24). The second kappa shape index (κ2) is 6.56. The molecule has 25 heavy (non-hydrogen) atoms. The van der Waals surface area contributed by atoms with Crippen molar-refractivity contribution in [2.75, 3.05) is 0 Å². The molecule has 4 rings (SSSR count). The van der Waals surface area contributed by atoms with Gasteiger partial charge in [0.2, 0.25) is 0 Å². The first kappa shape index (κ1) is 15.1. The van der Waals surface area contributed by atoms with Gasteiger partial charge < -0.3 is 4.74 Å². The van der Waals surface area contributed by atoms with E-state index in [2.05, 4.69) is 20.5 Å². The molecular weight excluding hydrogens is 318 g/mol. The van der Waals surface area contributed by atoms with Crippen molar-refractivity contribution in [3.8, 4) is 5.75 Å². The van der Waals surface area contributed by atoms with Crippen LogP contribution in [0.25, 0.3) is 11.0 Å². The maximum Gasteiger partial charge on any atom is 0.292 e. The first-order valence-electron chi connectivity index (χ1n) is 7.84. The predicted octanol–water partition coefficient (Wildman–Crippen LogP) is 2.14. The zero-order valence-electron chi connectivity index (χ0n) is 13.3. The van der Waals surface area contributed by atoms with Gasteiger partial charge in [-0.1, -0.05) is 53.7 Å². The third kappa shape index (κ3) is 3.12. The van der Waals surface area contributed by atoms with Gasteiger partial charge in [0, 0.05) is 0 Å². The fourth-order valence-corrected chi connectivity index (χ4v) is 2.59. The van der Waals surface area contributed by atoms with E-state index in [0.29, 0.717) is 23.3 Å². The molecule has 0 fully saturated rings. The van der Waals surface area contributed by atoms with Gasteiger partial charge in [-0.05, 0) is 17.7 Å². The van der Waals surface area contributed by atoms with Crippen molar-refractivity contribution in [1.29, 1.82) is 0 Å². The maximum atomic E-state index is 12.2. The van der Waals surface area contributed by atoms with Crippen LogP contribution >= 0.6 is 0 Å². The summed E-state index contributed by atoms with van der Waals surface area (Å²) >= 11 is 0. The number of hydrogen-bond donors (Lipinski definition) is 1. The normalized spacial score (nSPS) is 10.9. The highest BCUT2D eigenvalue weighted by Crippen LogP contribution is 2.15. The Bertz CT molecular complexity index is 1040. The second-order valence-corrected chi connectivity index (χ2v) is 5.53. The summed E-state index contributed by atoms with van der Waals surface area (Å²) in [5, 5.41) is 14.8. The molecule has 2 aromatic carbocycles. The Kier molecular flexibility index (Phi) is 3.96. The van der Waals surface area contributed by atoms with Gasteiger partial charge in [0.05, 0.1) is 6.54 Å². The quantitative estimate of drug-likeness (QED) is 0.605. The third-order valence-corrected chi connectivity index (χ3v) is 3.81. The number of benzene rings is 2. The molecule has 0 amide bonds. The van der Waals surface area contributed by atoms with Gasteiger partial charge in [-0.2, -0.15) is 5.10 Å². The lowest BCUT2D eigenvalue weighted by atomic mass is 10.2. The number of hydrogen-bond acceptors (Lipinski definition) is 5. The molecule has 0 spiro atoms. The highest BCUT2D eigenvalue weighted by Gasteiger charge is 2.15. The minimum atomic E-state index is -0.320. The average molecular weight is 333 g/mol. The van der Waals surface area contributed by atoms with Crippen LogP contribution in [-0.4, -0.2) is 25.2 Å². The van der Waals surface area contributed by atoms with E-state index < -0.39 is 0 Å². The van der Waals surface area contributed by atoms with Crippen molar-refractivity contribution in [3.63, 3.8) is 0 Å². The molecule has 0 aliphatic rings. The van der Waals surface area contributed by atoms with E-state index in [1.807, 2.05) is 60.7 Å². The van der Waals surface area contributed by atoms with E-state index in [1.165, 1.54) is 0 Å². The Morgan fingerprint density at radius 2 is 1.72 bits per heavy atom. The first-order valence-corrected chi connectivity index (χ1v) is 7.84. The van der Waals surface area contributed by atoms with E-state index in [0.717, 1.165) is 11.3 Å². The van der Waals surface area contributed by atoms with E-state index in [-0.39, 0.29) is 12.2 Å². The Balaban J connectivity index is 1.66. The molecule has 0 radical (unpaired) electrons. The largest absolute Gasteiger partial charge is 0.487 e. The molecule has 0 aliphatic heterocycles. The number of ether oxygens (including phenoxy) is 1. The van der Waals surface area contributed by atoms with Crippen LogP contribution in [0.15, 0.2) is 65.5 Å². The lowest BCUT2D eigenvalue weighted by Crippen LogP contribution is -2.16. The van der Waals surface area contributed by atoms with Crippen LogP contribution in [0.2, 0.25) is 0 Å². The molecule has 7 nitrogen and oxygen atoms in total. The van der Waals surface area contributed by atoms with Crippen LogP contribution in [0.1, 0.15) is 11.3 Å². The zero-order valence-corrected chi connectivity index (χ0v) is 13.3. The van der Waals surface area contributed by atoms with Crippen LogP contribution < -0.4 is 10.3 Å². The van der Waals surface area contributed by atoms with E-state index in [4.69, 9.17) is 4.74 Å². The Hall–Kier alpha value is -3.48. The van der Waals surface area contributed by atoms with Crippen molar-refractivity contribution in [3.05, 3.63) is 82.3 Å². The number of H-pyrrole nitrogens is 1. The lowest BCUT2D eigenvalue weighted by molar-refractivity contribution is 0.301. The summed E-state index contributed by atoms with van der Waals surface area (Å²) < 4.78 is 7.29. The molecule has 0 bridgehead atoms. The summed E-state index contributed by atoms with van der Waals surface area (Å²) in [4.78, 5) is 12.2. The molecule has 0 saturated carbocycles. The number of para-hydroxylation sites is 1. The smallest absolute Gasteiger partial charge is 0.292 e. The molecule has 7 heteroatoms. The van der Waals surface area contributed by atoms with Gasteiger partial charge in [-0.3, -0.25) is 4.79 Å². The summed E-state index contributed by atoms with van der Waals surface area (Å²) in [6.07, 6.45) is 0. The molecule has 0 aliphatic carbocycles. The highest BCUT2D eigenvalue weighted by atomic mass is 16.5. The molecule has 2 aromatic heterocycles. The van der Waals surface area contributed by atoms with Crippen LogP contribution in [-0.2, 0) is 13.2 Å². The first-order chi connectivity index (χ1) is 12.3. The van der Waals surface area contributed by atoms with Crippen molar-refractivity contribution in [1.82, 2.24) is 25.2 Å². The van der Waals surface area contributed by atoms with Gasteiger partial charge in [0.15, 0.2) is 5.52 Å². The summed E-state index contributed by atoms with van der Waals surface area (Å²) in [6, 6.07) is 19.2. The van der Waals surface area contributed by atoms with Crippen LogP contribution in [0.3, 0.4) is 0 Å². The average Bonchev–Trinajstić information content (AvgIpc) is 3.08. The van der Waals surface area contributed by atoms with Crippen LogP contribution in [0, 0.1) is 0 Å². The Labute approximate surface area is 142 Å². The fraction of sp³-hybridized carbons (Fsp3) is 0.111. The van der Waals surface area contributed by atoms with E-state index in [9.17, 15) is 4.79 Å². The van der Waals surface area contributed by atoms with Gasteiger partial charge in [-0.25, -0.2) is 9.78 Å². The minimum Gasteiger partial charge on any atom is -0.487 e. The maximum absolute atomic E-state index is 12.2. The molecular formula is C18H15N5O2. The summed E-state index contributed by atoms with van der Waals surface area (Å²) in [5.74, 6) is 0.723. The van der Waals surface area contributed by atoms with Crippen molar-refractivity contribution in [2.24, 2.45) is 0 Å². The van der Waals surface area contributed by atoms with E-state index in [1.54, 1.807) is 4.68 Å². The summed E-state index contributed by atoms with van der Waals surface area (Å²) in [7, 11) is 0. The lowest BCUT2D eigenvalue weighted by Gasteiger charge is -2.05. The zero-order chi connectivity index (χ0) is 17.1. The number of aromatic nitrogens is 5. The number of aromatic amines is 1. The number of nitrogens with one attached hydrogen (secondary N) is 1. The number of nitrogens with zero attached hydrogens (tertiary/aromatic N) is 4. The topological polar surface area (TPSA) is 85.7 Å². The SMILES string of the molecule is O=c1[nH]nc(COc2ccccc2)c2nnn(Cc3ccccc3)c12. The number of rotatable bonds is 5. The van der Waals surface area contributed by atoms with Gasteiger partial charge in [0.1, 0.15) is 23.6 Å². The van der Waals surface area contributed by atoms with Gasteiger partial charge in [-0.15, -0.1) is 5.10 Å². The molecule has 4 aromatic rings. The molecule has 124 valence electrons. The molecule has 0 unspecified atom stereocenters. The third-order valence-electron chi connectivity index (χ3n) is 3.81. The Morgan fingerprint density at radius 3 is 2.48 bits per heavy atom.